The highest BCUT2D eigenvalue weighted by molar-refractivity contribution is 7.98. The summed E-state index contributed by atoms with van der Waals surface area (Å²) in [5.74, 6) is 1.19. The SMILES string of the molecule is CSCCC(C)N. The third-order valence-corrected chi connectivity index (χ3v) is 1.42. The molecule has 1 unspecified atom stereocenters. The lowest BCUT2D eigenvalue weighted by Crippen LogP contribution is -2.14. The lowest BCUT2D eigenvalue weighted by atomic mass is 10.3. The van der Waals surface area contributed by atoms with Crippen molar-refractivity contribution in [3.63, 3.8) is 0 Å². The van der Waals surface area contributed by atoms with Crippen LogP contribution in [0.2, 0.25) is 0 Å². The van der Waals surface area contributed by atoms with E-state index in [1.54, 1.807) is 0 Å². The van der Waals surface area contributed by atoms with E-state index in [2.05, 4.69) is 6.26 Å². The van der Waals surface area contributed by atoms with Crippen molar-refractivity contribution in [3.05, 3.63) is 0 Å². The highest BCUT2D eigenvalue weighted by atomic mass is 32.2. The molecule has 0 aliphatic rings. The lowest BCUT2D eigenvalue weighted by molar-refractivity contribution is 0.722. The summed E-state index contributed by atoms with van der Waals surface area (Å²) in [5.41, 5.74) is 5.47. The first-order valence-electron chi connectivity index (χ1n) is 2.52. The van der Waals surface area contributed by atoms with Crippen molar-refractivity contribution in [1.29, 1.82) is 0 Å². The van der Waals surface area contributed by atoms with E-state index in [-0.39, 0.29) is 0 Å². The van der Waals surface area contributed by atoms with Crippen LogP contribution in [0.25, 0.3) is 0 Å². The number of rotatable bonds is 3. The summed E-state index contributed by atoms with van der Waals surface area (Å²) >= 11 is 1.85. The zero-order valence-electron chi connectivity index (χ0n) is 4.98. The molecule has 0 fully saturated rings. The summed E-state index contributed by atoms with van der Waals surface area (Å²) in [4.78, 5) is 0. The molecule has 44 valence electrons. The maximum Gasteiger partial charge on any atom is 0.00183 e. The van der Waals surface area contributed by atoms with Gasteiger partial charge in [-0.15, -0.1) is 0 Å². The van der Waals surface area contributed by atoms with Gasteiger partial charge in [0.25, 0.3) is 0 Å². The van der Waals surface area contributed by atoms with E-state index in [0.29, 0.717) is 6.04 Å². The molecule has 1 nitrogen and oxygen atoms in total. The molecule has 7 heavy (non-hydrogen) atoms. The van der Waals surface area contributed by atoms with Crippen molar-refractivity contribution in [2.75, 3.05) is 12.0 Å². The highest BCUT2D eigenvalue weighted by Gasteiger charge is 1.89. The van der Waals surface area contributed by atoms with Crippen LogP contribution in [0.4, 0.5) is 0 Å². The zero-order valence-corrected chi connectivity index (χ0v) is 5.79. The Balaban J connectivity index is 2.68. The quantitative estimate of drug-likeness (QED) is 0.601. The van der Waals surface area contributed by atoms with Gasteiger partial charge in [-0.1, -0.05) is 0 Å². The van der Waals surface area contributed by atoms with Crippen LogP contribution in [0.1, 0.15) is 13.3 Å². The van der Waals surface area contributed by atoms with Crippen molar-refractivity contribution in [1.82, 2.24) is 0 Å². The minimum Gasteiger partial charge on any atom is -0.328 e. The van der Waals surface area contributed by atoms with Crippen LogP contribution in [0.3, 0.4) is 0 Å². The third kappa shape index (κ3) is 6.31. The maximum absolute atomic E-state index is 5.47. The molecule has 0 aromatic carbocycles. The summed E-state index contributed by atoms with van der Waals surface area (Å²) < 4.78 is 0. The topological polar surface area (TPSA) is 26.0 Å². The van der Waals surface area contributed by atoms with E-state index in [0.717, 1.165) is 6.42 Å². The second-order valence-corrected chi connectivity index (χ2v) is 2.74. The largest absolute Gasteiger partial charge is 0.328 e. The third-order valence-electron chi connectivity index (χ3n) is 0.777. The Labute approximate surface area is 49.7 Å². The van der Waals surface area contributed by atoms with Gasteiger partial charge in [-0.25, -0.2) is 0 Å². The average Bonchev–Trinajstić information content (AvgIpc) is 1.61. The molecular weight excluding hydrogens is 106 g/mol. The zero-order chi connectivity index (χ0) is 5.70. The minimum absolute atomic E-state index is 0.382. The molecule has 0 aromatic rings. The van der Waals surface area contributed by atoms with Crippen LogP contribution >= 0.6 is 11.8 Å². The molecule has 2 N–H and O–H groups in total. The maximum atomic E-state index is 5.47. The molecule has 0 bridgehead atoms. The van der Waals surface area contributed by atoms with Crippen molar-refractivity contribution < 1.29 is 0 Å². The summed E-state index contributed by atoms with van der Waals surface area (Å²) in [7, 11) is 0. The number of thioether (sulfide) groups is 1. The first-order chi connectivity index (χ1) is 3.27. The fourth-order valence-corrected chi connectivity index (χ4v) is 0.911. The lowest BCUT2D eigenvalue weighted by Gasteiger charge is -1.99. The molecule has 0 rings (SSSR count). The molecule has 0 aliphatic carbocycles. The first-order valence-corrected chi connectivity index (χ1v) is 3.91. The van der Waals surface area contributed by atoms with Gasteiger partial charge in [0.2, 0.25) is 0 Å². The Kier molecular flexibility index (Phi) is 4.67. The molecule has 0 saturated carbocycles. The smallest absolute Gasteiger partial charge is 0.00183 e. The predicted octanol–water partition coefficient (Wildman–Crippen LogP) is 1.09. The van der Waals surface area contributed by atoms with Crippen LogP contribution < -0.4 is 5.73 Å². The van der Waals surface area contributed by atoms with Gasteiger partial charge in [-0.05, 0) is 25.4 Å². The van der Waals surface area contributed by atoms with E-state index in [9.17, 15) is 0 Å². The van der Waals surface area contributed by atoms with Gasteiger partial charge in [0.05, 0.1) is 0 Å². The molecule has 0 aliphatic heterocycles. The van der Waals surface area contributed by atoms with Gasteiger partial charge >= 0.3 is 0 Å². The number of nitrogens with two attached hydrogens (primary N) is 1. The summed E-state index contributed by atoms with van der Waals surface area (Å²) in [6, 6.07) is 0.382. The molecule has 0 aromatic heterocycles. The van der Waals surface area contributed by atoms with Crippen LogP contribution in [-0.2, 0) is 0 Å². The van der Waals surface area contributed by atoms with Crippen LogP contribution in [0, 0.1) is 0 Å². The van der Waals surface area contributed by atoms with Gasteiger partial charge < -0.3 is 5.73 Å². The standard InChI is InChI=1S/C5H13NS/c1-5(6)3-4-7-2/h5H,3-4,6H2,1-2H3. The Morgan fingerprint density at radius 1 is 1.71 bits per heavy atom. The summed E-state index contributed by atoms with van der Waals surface area (Å²) in [6.45, 7) is 2.04. The molecule has 1 atom stereocenters. The average molecular weight is 119 g/mol. The first kappa shape index (κ1) is 7.31. The molecular formula is C5H13NS. The van der Waals surface area contributed by atoms with Crippen molar-refractivity contribution in [2.24, 2.45) is 5.73 Å². The van der Waals surface area contributed by atoms with Crippen LogP contribution in [0.15, 0.2) is 0 Å². The molecule has 0 spiro atoms. The highest BCUT2D eigenvalue weighted by Crippen LogP contribution is 1.96. The second kappa shape index (κ2) is 4.47. The Morgan fingerprint density at radius 2 is 2.29 bits per heavy atom. The molecule has 0 heterocycles. The van der Waals surface area contributed by atoms with Crippen LogP contribution in [0.5, 0.6) is 0 Å². The number of hydrogen-bond acceptors (Lipinski definition) is 2. The second-order valence-electron chi connectivity index (χ2n) is 1.76. The summed E-state index contributed by atoms with van der Waals surface area (Å²) in [5, 5.41) is 0. The Morgan fingerprint density at radius 3 is 2.43 bits per heavy atom. The van der Waals surface area contributed by atoms with E-state index in [4.69, 9.17) is 5.73 Å². The van der Waals surface area contributed by atoms with E-state index in [1.165, 1.54) is 5.75 Å². The Bertz CT molecular complexity index is 37.1. The summed E-state index contributed by atoms with van der Waals surface area (Å²) in [6.07, 6.45) is 3.24. The van der Waals surface area contributed by atoms with E-state index in [1.807, 2.05) is 18.7 Å². The normalized spacial score (nSPS) is 14.1. The molecule has 0 saturated heterocycles. The van der Waals surface area contributed by atoms with Gasteiger partial charge in [0, 0.05) is 6.04 Å². The van der Waals surface area contributed by atoms with Crippen molar-refractivity contribution >= 4 is 11.8 Å². The molecule has 2 heteroatoms. The van der Waals surface area contributed by atoms with Crippen LogP contribution in [-0.4, -0.2) is 18.1 Å². The molecule has 0 amide bonds. The Hall–Kier alpha value is 0.310. The van der Waals surface area contributed by atoms with Gasteiger partial charge in [0.1, 0.15) is 0 Å². The van der Waals surface area contributed by atoms with Gasteiger partial charge in [0.15, 0.2) is 0 Å². The van der Waals surface area contributed by atoms with Gasteiger partial charge in [-0.2, -0.15) is 11.8 Å². The van der Waals surface area contributed by atoms with Crippen molar-refractivity contribution in [2.45, 2.75) is 19.4 Å². The fourth-order valence-electron chi connectivity index (χ4n) is 0.304. The van der Waals surface area contributed by atoms with E-state index < -0.39 is 0 Å². The van der Waals surface area contributed by atoms with Gasteiger partial charge in [-0.3, -0.25) is 0 Å². The fraction of sp³-hybridized carbons (Fsp3) is 1.00. The van der Waals surface area contributed by atoms with Crippen molar-refractivity contribution in [3.8, 4) is 0 Å². The molecule has 0 radical (unpaired) electrons. The number of hydrogen-bond donors (Lipinski definition) is 1. The van der Waals surface area contributed by atoms with E-state index >= 15 is 0 Å². The predicted molar refractivity (Wildman–Crippen MR) is 36.6 cm³/mol. The minimum atomic E-state index is 0.382. The monoisotopic (exact) mass is 119 g/mol.